The first-order valence-corrected chi connectivity index (χ1v) is 12.3. The minimum Gasteiger partial charge on any atom is -0.383 e. The fraction of sp³-hybridized carbons (Fsp3) is 0.435. The topological polar surface area (TPSA) is 132 Å². The van der Waals surface area contributed by atoms with Gasteiger partial charge in [0.15, 0.2) is 10.8 Å². The SMILES string of the molecule is CCCCN(C(=O)CSc1nnc(C)n1-c1ccccc1)c1c(N)n(CC(C)C)c(=O)[nH]c1=O. The third-order valence-corrected chi connectivity index (χ3v) is 6.12. The van der Waals surface area contributed by atoms with E-state index in [9.17, 15) is 14.4 Å². The highest BCUT2D eigenvalue weighted by Gasteiger charge is 2.25. The number of benzene rings is 1. The van der Waals surface area contributed by atoms with Crippen molar-refractivity contribution in [1.82, 2.24) is 24.3 Å². The third kappa shape index (κ3) is 5.58. The molecule has 0 spiro atoms. The number of carbonyl (C=O) groups excluding carboxylic acids is 1. The highest BCUT2D eigenvalue weighted by atomic mass is 32.2. The summed E-state index contributed by atoms with van der Waals surface area (Å²) in [6.45, 7) is 8.37. The van der Waals surface area contributed by atoms with E-state index in [1.54, 1.807) is 0 Å². The summed E-state index contributed by atoms with van der Waals surface area (Å²) < 4.78 is 3.19. The Bertz CT molecular complexity index is 1250. The van der Waals surface area contributed by atoms with Crippen LogP contribution in [0.3, 0.4) is 0 Å². The fourth-order valence-electron chi connectivity index (χ4n) is 3.58. The molecule has 182 valence electrons. The number of nitrogen functional groups attached to an aromatic ring is 1. The number of unbranched alkanes of at least 4 members (excludes halogenated alkanes) is 1. The van der Waals surface area contributed by atoms with E-state index in [-0.39, 0.29) is 29.1 Å². The number of anilines is 2. The van der Waals surface area contributed by atoms with Crippen LogP contribution in [-0.4, -0.2) is 42.5 Å². The molecule has 34 heavy (non-hydrogen) atoms. The molecule has 1 amide bonds. The summed E-state index contributed by atoms with van der Waals surface area (Å²) >= 11 is 1.23. The number of amides is 1. The van der Waals surface area contributed by atoms with Gasteiger partial charge in [-0.1, -0.05) is 57.2 Å². The van der Waals surface area contributed by atoms with Crippen LogP contribution in [0, 0.1) is 12.8 Å². The minimum absolute atomic E-state index is 0.000185. The van der Waals surface area contributed by atoms with Gasteiger partial charge in [0.2, 0.25) is 5.91 Å². The van der Waals surface area contributed by atoms with Crippen LogP contribution in [0.5, 0.6) is 0 Å². The second-order valence-corrected chi connectivity index (χ2v) is 9.33. The Morgan fingerprint density at radius 1 is 1.21 bits per heavy atom. The largest absolute Gasteiger partial charge is 0.383 e. The number of aryl methyl sites for hydroxylation is 1. The van der Waals surface area contributed by atoms with Crippen molar-refractivity contribution in [3.05, 3.63) is 57.0 Å². The maximum absolute atomic E-state index is 13.4. The quantitative estimate of drug-likeness (QED) is 0.422. The molecule has 0 aliphatic rings. The van der Waals surface area contributed by atoms with E-state index >= 15 is 0 Å². The van der Waals surface area contributed by atoms with E-state index in [2.05, 4.69) is 15.2 Å². The van der Waals surface area contributed by atoms with Gasteiger partial charge in [0.05, 0.1) is 5.75 Å². The summed E-state index contributed by atoms with van der Waals surface area (Å²) in [6.07, 6.45) is 1.50. The molecular weight excluding hydrogens is 454 g/mol. The van der Waals surface area contributed by atoms with Crippen molar-refractivity contribution in [3.8, 4) is 5.69 Å². The molecule has 0 fully saturated rings. The average Bonchev–Trinajstić information content (AvgIpc) is 3.17. The van der Waals surface area contributed by atoms with Crippen LogP contribution in [0.15, 0.2) is 45.1 Å². The van der Waals surface area contributed by atoms with Crippen molar-refractivity contribution in [1.29, 1.82) is 0 Å². The Kier molecular flexibility index (Phi) is 8.32. The van der Waals surface area contributed by atoms with Crippen LogP contribution in [0.25, 0.3) is 5.69 Å². The molecule has 2 aromatic heterocycles. The summed E-state index contributed by atoms with van der Waals surface area (Å²) in [7, 11) is 0. The number of para-hydroxylation sites is 1. The lowest BCUT2D eigenvalue weighted by Gasteiger charge is -2.24. The van der Waals surface area contributed by atoms with Crippen LogP contribution in [0.4, 0.5) is 11.5 Å². The van der Waals surface area contributed by atoms with Gasteiger partial charge in [-0.2, -0.15) is 0 Å². The predicted octanol–water partition coefficient (Wildman–Crippen LogP) is 2.59. The monoisotopic (exact) mass is 485 g/mol. The van der Waals surface area contributed by atoms with Gasteiger partial charge < -0.3 is 10.6 Å². The van der Waals surface area contributed by atoms with Crippen LogP contribution in [-0.2, 0) is 11.3 Å². The summed E-state index contributed by atoms with van der Waals surface area (Å²) in [4.78, 5) is 42.1. The highest BCUT2D eigenvalue weighted by Crippen LogP contribution is 2.24. The van der Waals surface area contributed by atoms with Crippen molar-refractivity contribution in [3.63, 3.8) is 0 Å². The molecule has 0 saturated heterocycles. The molecule has 3 aromatic rings. The average molecular weight is 486 g/mol. The lowest BCUT2D eigenvalue weighted by atomic mass is 10.2. The number of nitrogens with two attached hydrogens (primary N) is 1. The van der Waals surface area contributed by atoms with Crippen LogP contribution >= 0.6 is 11.8 Å². The number of thioether (sulfide) groups is 1. The first-order valence-electron chi connectivity index (χ1n) is 11.3. The van der Waals surface area contributed by atoms with E-state index in [0.29, 0.717) is 30.5 Å². The molecule has 0 unspecified atom stereocenters. The zero-order valence-electron chi connectivity index (χ0n) is 19.9. The molecule has 0 bridgehead atoms. The molecule has 10 nitrogen and oxygen atoms in total. The summed E-state index contributed by atoms with van der Waals surface area (Å²) in [5.41, 5.74) is 5.93. The van der Waals surface area contributed by atoms with Crippen LogP contribution in [0.2, 0.25) is 0 Å². The number of H-pyrrole nitrogens is 1. The molecule has 3 rings (SSSR count). The summed E-state index contributed by atoms with van der Waals surface area (Å²) in [6, 6.07) is 9.64. The van der Waals surface area contributed by atoms with Crippen LogP contribution in [0.1, 0.15) is 39.4 Å². The van der Waals surface area contributed by atoms with Crippen molar-refractivity contribution in [2.45, 2.75) is 52.2 Å². The van der Waals surface area contributed by atoms with Crippen molar-refractivity contribution in [2.24, 2.45) is 5.92 Å². The smallest absolute Gasteiger partial charge is 0.330 e. The van der Waals surface area contributed by atoms with Gasteiger partial charge in [0.25, 0.3) is 5.56 Å². The van der Waals surface area contributed by atoms with E-state index in [1.165, 1.54) is 21.2 Å². The zero-order valence-corrected chi connectivity index (χ0v) is 20.8. The standard InChI is InChI=1S/C23H31N7O3S/c1-5-6-12-28(19-20(24)29(13-15(2)3)22(33)25-21(19)32)18(31)14-34-23-27-26-16(4)30(23)17-10-8-7-9-11-17/h7-11,15H,5-6,12-14,24H2,1-4H3,(H,25,32,33). The first kappa shape index (κ1) is 25.3. The van der Waals surface area contributed by atoms with Gasteiger partial charge in [-0.3, -0.25) is 23.7 Å². The molecule has 0 saturated carbocycles. The lowest BCUT2D eigenvalue weighted by Crippen LogP contribution is -2.42. The number of hydrogen-bond donors (Lipinski definition) is 2. The number of hydrogen-bond acceptors (Lipinski definition) is 7. The van der Waals surface area contributed by atoms with Crippen molar-refractivity contribution >= 4 is 29.2 Å². The van der Waals surface area contributed by atoms with E-state index in [1.807, 2.05) is 62.6 Å². The van der Waals surface area contributed by atoms with Gasteiger partial charge in [-0.25, -0.2) is 4.79 Å². The third-order valence-electron chi connectivity index (χ3n) is 5.20. The second kappa shape index (κ2) is 11.2. The number of carbonyl (C=O) groups is 1. The van der Waals surface area contributed by atoms with Gasteiger partial charge >= 0.3 is 5.69 Å². The Morgan fingerprint density at radius 2 is 1.91 bits per heavy atom. The Balaban J connectivity index is 1.92. The number of nitrogens with zero attached hydrogens (tertiary/aromatic N) is 5. The first-order chi connectivity index (χ1) is 16.2. The van der Waals surface area contributed by atoms with Gasteiger partial charge in [-0.15, -0.1) is 10.2 Å². The maximum Gasteiger partial charge on any atom is 0.330 e. The van der Waals surface area contributed by atoms with Gasteiger partial charge in [0.1, 0.15) is 11.6 Å². The molecule has 1 aromatic carbocycles. The lowest BCUT2D eigenvalue weighted by molar-refractivity contribution is -0.116. The zero-order chi connectivity index (χ0) is 24.8. The van der Waals surface area contributed by atoms with E-state index < -0.39 is 11.2 Å². The minimum atomic E-state index is -0.666. The molecule has 3 N–H and O–H groups in total. The summed E-state index contributed by atoms with van der Waals surface area (Å²) in [5.74, 6) is 0.551. The maximum atomic E-state index is 13.4. The molecule has 11 heteroatoms. The molecule has 0 radical (unpaired) electrons. The number of rotatable bonds is 10. The Labute approximate surface area is 202 Å². The molecule has 0 aliphatic heterocycles. The highest BCUT2D eigenvalue weighted by molar-refractivity contribution is 7.99. The molecular formula is C23H31N7O3S. The van der Waals surface area contributed by atoms with Gasteiger partial charge in [0, 0.05) is 18.8 Å². The summed E-state index contributed by atoms with van der Waals surface area (Å²) in [5, 5.41) is 8.94. The van der Waals surface area contributed by atoms with E-state index in [4.69, 9.17) is 5.73 Å². The fourth-order valence-corrected chi connectivity index (χ4v) is 4.45. The molecule has 2 heterocycles. The van der Waals surface area contributed by atoms with Crippen LogP contribution < -0.4 is 21.9 Å². The second-order valence-electron chi connectivity index (χ2n) is 8.39. The molecule has 0 aliphatic carbocycles. The number of aromatic nitrogens is 5. The molecule has 0 atom stereocenters. The normalized spacial score (nSPS) is 11.2. The van der Waals surface area contributed by atoms with E-state index in [0.717, 1.165) is 12.1 Å². The number of nitrogens with one attached hydrogen (secondary N) is 1. The number of aromatic amines is 1. The Morgan fingerprint density at radius 3 is 2.56 bits per heavy atom. The van der Waals surface area contributed by atoms with Crippen molar-refractivity contribution < 1.29 is 4.79 Å². The van der Waals surface area contributed by atoms with Crippen molar-refractivity contribution in [2.75, 3.05) is 22.9 Å². The Hall–Kier alpha value is -3.34. The van der Waals surface area contributed by atoms with Gasteiger partial charge in [-0.05, 0) is 31.4 Å². The predicted molar refractivity (Wildman–Crippen MR) is 135 cm³/mol.